The Kier molecular flexibility index (Phi) is 5.22. The van der Waals surface area contributed by atoms with Crippen molar-refractivity contribution in [2.45, 2.75) is 30.8 Å². The van der Waals surface area contributed by atoms with Crippen molar-refractivity contribution in [3.05, 3.63) is 39.7 Å². The lowest BCUT2D eigenvalue weighted by atomic mass is 9.86. The molecule has 1 amide bonds. The van der Waals surface area contributed by atoms with Gasteiger partial charge < -0.3 is 19.7 Å². The number of nitrogens with zero attached hydrogens (tertiary/aromatic N) is 2. The van der Waals surface area contributed by atoms with E-state index in [4.69, 9.17) is 4.74 Å². The molecule has 1 aromatic carbocycles. The molecule has 0 saturated carbocycles. The molecule has 8 heteroatoms. The molecule has 0 bridgehead atoms. The molecule has 1 aliphatic rings. The van der Waals surface area contributed by atoms with E-state index in [1.165, 1.54) is 24.9 Å². The van der Waals surface area contributed by atoms with E-state index in [2.05, 4.69) is 17.2 Å². The van der Waals surface area contributed by atoms with Gasteiger partial charge in [0.15, 0.2) is 16.7 Å². The van der Waals surface area contributed by atoms with E-state index in [1.54, 1.807) is 23.7 Å². The number of hydrogen-bond donors (Lipinski definition) is 2. The van der Waals surface area contributed by atoms with Crippen LogP contribution in [0.15, 0.2) is 28.2 Å². The summed E-state index contributed by atoms with van der Waals surface area (Å²) in [6.07, 6.45) is 1.10. The molecule has 0 fully saturated rings. The number of phenolic OH excluding ortho intramolecular Hbond substituents is 1. The number of methoxy groups -OCH3 is 1. The minimum Gasteiger partial charge on any atom is -0.504 e. The Morgan fingerprint density at radius 3 is 2.88 bits per heavy atom. The molecule has 0 saturated heterocycles. The van der Waals surface area contributed by atoms with Crippen LogP contribution in [0.25, 0.3) is 0 Å². The third-order valence-electron chi connectivity index (χ3n) is 4.34. The lowest BCUT2D eigenvalue weighted by Crippen LogP contribution is -2.33. The first-order valence-corrected chi connectivity index (χ1v) is 9.35. The van der Waals surface area contributed by atoms with Crippen LogP contribution in [0.5, 0.6) is 11.5 Å². The Labute approximate surface area is 155 Å². The van der Waals surface area contributed by atoms with Gasteiger partial charge in [0.05, 0.1) is 12.7 Å². The second-order valence-corrected chi connectivity index (χ2v) is 7.17. The average Bonchev–Trinajstić information content (AvgIpc) is 2.63. The van der Waals surface area contributed by atoms with Gasteiger partial charge in [-0.2, -0.15) is 4.98 Å². The Hall–Kier alpha value is -2.48. The molecule has 1 atom stereocenters. The number of benzene rings is 1. The fourth-order valence-corrected chi connectivity index (χ4v) is 3.87. The van der Waals surface area contributed by atoms with Crippen molar-refractivity contribution >= 4 is 23.5 Å². The summed E-state index contributed by atoms with van der Waals surface area (Å²) in [4.78, 5) is 29.3. The van der Waals surface area contributed by atoms with E-state index < -0.39 is 5.92 Å². The molecule has 1 aromatic heterocycles. The summed E-state index contributed by atoms with van der Waals surface area (Å²) in [7, 11) is 3.25. The topological polar surface area (TPSA) is 93.5 Å². The smallest absolute Gasteiger partial charge is 0.279 e. The highest BCUT2D eigenvalue weighted by Gasteiger charge is 2.32. The molecule has 2 N–H and O–H groups in total. The molecule has 0 spiro atoms. The molecule has 0 aliphatic carbocycles. The van der Waals surface area contributed by atoms with E-state index in [1.807, 2.05) is 0 Å². The van der Waals surface area contributed by atoms with Gasteiger partial charge in [-0.3, -0.25) is 9.59 Å². The lowest BCUT2D eigenvalue weighted by molar-refractivity contribution is -0.116. The fourth-order valence-electron chi connectivity index (χ4n) is 3.05. The van der Waals surface area contributed by atoms with Crippen LogP contribution < -0.4 is 15.6 Å². The molecule has 3 rings (SSSR count). The number of aromatic hydroxyl groups is 1. The Bertz CT molecular complexity index is 910. The standard InChI is InChI=1S/C18H21N3O4S/c1-4-7-26-18-20-17(24)15-11(9-14(23)19-16(15)21(18)2)10-5-6-12(22)13(8-10)25-3/h5-6,8,11,22H,4,7,9H2,1-3H3,(H,19,23). The predicted octanol–water partition coefficient (Wildman–Crippen LogP) is 2.47. The third-order valence-corrected chi connectivity index (χ3v) is 5.58. The highest BCUT2D eigenvalue weighted by Crippen LogP contribution is 2.38. The molecule has 2 heterocycles. The average molecular weight is 375 g/mol. The molecule has 138 valence electrons. The number of rotatable bonds is 5. The number of nitrogens with one attached hydrogen (secondary N) is 1. The Balaban J connectivity index is 2.14. The second kappa shape index (κ2) is 7.41. The maximum Gasteiger partial charge on any atom is 0.279 e. The van der Waals surface area contributed by atoms with Crippen LogP contribution in [0.3, 0.4) is 0 Å². The quantitative estimate of drug-likeness (QED) is 0.616. The van der Waals surface area contributed by atoms with Crippen molar-refractivity contribution < 1.29 is 14.6 Å². The largest absolute Gasteiger partial charge is 0.504 e. The highest BCUT2D eigenvalue weighted by molar-refractivity contribution is 7.99. The summed E-state index contributed by atoms with van der Waals surface area (Å²) in [6, 6.07) is 4.86. The van der Waals surface area contributed by atoms with Gasteiger partial charge in [-0.1, -0.05) is 24.8 Å². The van der Waals surface area contributed by atoms with Gasteiger partial charge in [0.2, 0.25) is 5.91 Å². The normalized spacial score (nSPS) is 16.1. The van der Waals surface area contributed by atoms with Gasteiger partial charge in [0.1, 0.15) is 5.82 Å². The zero-order valence-electron chi connectivity index (χ0n) is 14.9. The van der Waals surface area contributed by atoms with Gasteiger partial charge in [0.25, 0.3) is 5.56 Å². The molecular weight excluding hydrogens is 354 g/mol. The minimum atomic E-state index is -0.440. The van der Waals surface area contributed by atoms with Gasteiger partial charge in [-0.05, 0) is 24.1 Å². The van der Waals surface area contributed by atoms with Crippen LogP contribution in [0.2, 0.25) is 0 Å². The molecule has 26 heavy (non-hydrogen) atoms. The lowest BCUT2D eigenvalue weighted by Gasteiger charge is -2.27. The number of anilines is 1. The molecular formula is C18H21N3O4S. The van der Waals surface area contributed by atoms with Crippen molar-refractivity contribution in [3.63, 3.8) is 0 Å². The monoisotopic (exact) mass is 375 g/mol. The summed E-state index contributed by atoms with van der Waals surface area (Å²) in [5, 5.41) is 13.2. The predicted molar refractivity (Wildman–Crippen MR) is 100 cm³/mol. The summed E-state index contributed by atoms with van der Waals surface area (Å²) in [5.41, 5.74) is 0.845. The number of ether oxygens (including phenoxy) is 1. The maximum absolute atomic E-state index is 12.7. The first kappa shape index (κ1) is 18.3. The van der Waals surface area contributed by atoms with Crippen LogP contribution in [-0.4, -0.2) is 33.4 Å². The van der Waals surface area contributed by atoms with Crippen molar-refractivity contribution in [2.24, 2.45) is 7.05 Å². The van der Waals surface area contributed by atoms with E-state index in [9.17, 15) is 14.7 Å². The number of phenols is 1. The van der Waals surface area contributed by atoms with Gasteiger partial charge in [0, 0.05) is 25.1 Å². The van der Waals surface area contributed by atoms with Crippen LogP contribution in [0.4, 0.5) is 5.82 Å². The van der Waals surface area contributed by atoms with Crippen molar-refractivity contribution in [3.8, 4) is 11.5 Å². The van der Waals surface area contributed by atoms with E-state index in [0.717, 1.165) is 17.7 Å². The van der Waals surface area contributed by atoms with Crippen LogP contribution >= 0.6 is 11.8 Å². The van der Waals surface area contributed by atoms with Gasteiger partial charge >= 0.3 is 0 Å². The summed E-state index contributed by atoms with van der Waals surface area (Å²) < 4.78 is 6.92. The number of hydrogen-bond acceptors (Lipinski definition) is 6. The second-order valence-electron chi connectivity index (χ2n) is 6.11. The molecule has 7 nitrogen and oxygen atoms in total. The number of aromatic nitrogens is 2. The number of carbonyl (C=O) groups excluding carboxylic acids is 1. The van der Waals surface area contributed by atoms with Crippen LogP contribution in [-0.2, 0) is 11.8 Å². The SMILES string of the molecule is CCCSc1nc(=O)c2c(n1C)NC(=O)CC2c1ccc(O)c(OC)c1. The van der Waals surface area contributed by atoms with Gasteiger partial charge in [-0.25, -0.2) is 0 Å². The molecule has 2 aromatic rings. The third kappa shape index (κ3) is 3.29. The zero-order chi connectivity index (χ0) is 18.8. The van der Waals surface area contributed by atoms with E-state index in [-0.39, 0.29) is 23.6 Å². The van der Waals surface area contributed by atoms with Crippen molar-refractivity contribution in [2.75, 3.05) is 18.2 Å². The first-order chi connectivity index (χ1) is 12.5. The summed E-state index contributed by atoms with van der Waals surface area (Å²) in [5.74, 6) is 1.03. The summed E-state index contributed by atoms with van der Waals surface area (Å²) in [6.45, 7) is 2.06. The molecule has 0 radical (unpaired) electrons. The molecule has 1 aliphatic heterocycles. The fraction of sp³-hybridized carbons (Fsp3) is 0.389. The first-order valence-electron chi connectivity index (χ1n) is 8.36. The number of amides is 1. The number of carbonyl (C=O) groups is 1. The van der Waals surface area contributed by atoms with Gasteiger partial charge in [-0.15, -0.1) is 0 Å². The van der Waals surface area contributed by atoms with E-state index >= 15 is 0 Å². The molecule has 1 unspecified atom stereocenters. The van der Waals surface area contributed by atoms with Crippen molar-refractivity contribution in [1.82, 2.24) is 9.55 Å². The Morgan fingerprint density at radius 1 is 1.42 bits per heavy atom. The number of fused-ring (bicyclic) bond motifs is 1. The number of thioether (sulfide) groups is 1. The van der Waals surface area contributed by atoms with Crippen LogP contribution in [0, 0.1) is 0 Å². The van der Waals surface area contributed by atoms with Crippen molar-refractivity contribution in [1.29, 1.82) is 0 Å². The zero-order valence-corrected chi connectivity index (χ0v) is 15.7. The summed E-state index contributed by atoms with van der Waals surface area (Å²) >= 11 is 1.49. The minimum absolute atomic E-state index is 0.00840. The van der Waals surface area contributed by atoms with E-state index in [0.29, 0.717) is 22.3 Å². The maximum atomic E-state index is 12.7. The van der Waals surface area contributed by atoms with Crippen LogP contribution in [0.1, 0.15) is 36.8 Å². The highest BCUT2D eigenvalue weighted by atomic mass is 32.2. The Morgan fingerprint density at radius 2 is 2.19 bits per heavy atom.